The normalized spacial score (nSPS) is 15.4. The van der Waals surface area contributed by atoms with Crippen molar-refractivity contribution >= 4 is 37.3 Å². The van der Waals surface area contributed by atoms with E-state index in [-0.39, 0.29) is 29.5 Å². The van der Waals surface area contributed by atoms with Crippen molar-refractivity contribution in [2.24, 2.45) is 5.92 Å². The number of benzene rings is 3. The molecule has 4 rings (SSSR count). The van der Waals surface area contributed by atoms with Crippen LogP contribution in [0.25, 0.3) is 0 Å². The molecule has 3 aromatic carbocycles. The van der Waals surface area contributed by atoms with Gasteiger partial charge in [0, 0.05) is 35.9 Å². The summed E-state index contributed by atoms with van der Waals surface area (Å²) in [6, 6.07) is 20.1. The number of para-hydroxylation sites is 1. The van der Waals surface area contributed by atoms with Crippen LogP contribution in [-0.2, 0) is 30.6 Å². The first-order valence-corrected chi connectivity index (χ1v) is 14.4. The summed E-state index contributed by atoms with van der Waals surface area (Å²) in [5.41, 5.74) is 0.993. The van der Waals surface area contributed by atoms with Gasteiger partial charge in [0.2, 0.25) is 15.9 Å². The van der Waals surface area contributed by atoms with Gasteiger partial charge in [0.1, 0.15) is 5.82 Å². The number of hydrogen-bond acceptors (Lipinski definition) is 5. The molecule has 0 atom stereocenters. The first-order valence-electron chi connectivity index (χ1n) is 11.3. The molecule has 1 aliphatic rings. The van der Waals surface area contributed by atoms with Crippen LogP contribution in [0.15, 0.2) is 83.8 Å². The van der Waals surface area contributed by atoms with E-state index in [0.29, 0.717) is 24.2 Å². The van der Waals surface area contributed by atoms with Gasteiger partial charge in [0.05, 0.1) is 10.6 Å². The number of carbonyl (C=O) groups is 1. The predicted octanol–water partition coefficient (Wildman–Crippen LogP) is 3.81. The summed E-state index contributed by atoms with van der Waals surface area (Å²) in [5.74, 6) is -1.65. The second-order valence-electron chi connectivity index (χ2n) is 8.51. The zero-order valence-electron chi connectivity index (χ0n) is 19.3. The summed E-state index contributed by atoms with van der Waals surface area (Å²) in [4.78, 5) is 12.8. The maximum Gasteiger partial charge on any atom is 0.261 e. The molecular formula is C25H26FN3O5S2. The second-order valence-corrected chi connectivity index (χ2v) is 12.2. The molecule has 0 saturated carbocycles. The first kappa shape index (κ1) is 25.8. The van der Waals surface area contributed by atoms with Crippen LogP contribution in [0.5, 0.6) is 0 Å². The fraction of sp³-hybridized carbons (Fsp3) is 0.240. The quantitative estimate of drug-likeness (QED) is 0.459. The van der Waals surface area contributed by atoms with Gasteiger partial charge in [-0.2, -0.15) is 0 Å². The largest absolute Gasteiger partial charge is 0.326 e. The van der Waals surface area contributed by atoms with Crippen molar-refractivity contribution < 1.29 is 26.0 Å². The van der Waals surface area contributed by atoms with E-state index in [1.807, 2.05) is 0 Å². The third-order valence-corrected chi connectivity index (χ3v) is 9.20. The smallest absolute Gasteiger partial charge is 0.261 e. The van der Waals surface area contributed by atoms with Crippen molar-refractivity contribution in [3.63, 3.8) is 0 Å². The second kappa shape index (κ2) is 10.8. The lowest BCUT2D eigenvalue weighted by atomic mass is 9.97. The average molecular weight is 532 g/mol. The van der Waals surface area contributed by atoms with Crippen LogP contribution in [0.4, 0.5) is 15.8 Å². The van der Waals surface area contributed by atoms with Crippen molar-refractivity contribution in [1.29, 1.82) is 0 Å². The molecule has 8 nitrogen and oxygen atoms in total. The number of amides is 1. The molecule has 3 aromatic rings. The van der Waals surface area contributed by atoms with Crippen molar-refractivity contribution in [3.05, 3.63) is 90.2 Å². The lowest BCUT2D eigenvalue weighted by Crippen LogP contribution is -2.42. The molecule has 0 bridgehead atoms. The van der Waals surface area contributed by atoms with E-state index in [1.165, 1.54) is 46.8 Å². The summed E-state index contributed by atoms with van der Waals surface area (Å²) < 4.78 is 68.2. The molecule has 1 fully saturated rings. The van der Waals surface area contributed by atoms with Crippen LogP contribution in [0.3, 0.4) is 0 Å². The van der Waals surface area contributed by atoms with Crippen molar-refractivity contribution in [2.75, 3.05) is 23.1 Å². The molecule has 1 heterocycles. The molecule has 1 aliphatic heterocycles. The van der Waals surface area contributed by atoms with Crippen LogP contribution in [0, 0.1) is 11.7 Å². The van der Waals surface area contributed by atoms with Gasteiger partial charge in [0.25, 0.3) is 10.0 Å². The highest BCUT2D eigenvalue weighted by atomic mass is 32.2. The number of anilines is 2. The topological polar surface area (TPSA) is 113 Å². The average Bonchev–Trinajstić information content (AvgIpc) is 2.86. The molecule has 1 saturated heterocycles. The highest BCUT2D eigenvalue weighted by Crippen LogP contribution is 2.24. The van der Waals surface area contributed by atoms with Crippen LogP contribution in [0.2, 0.25) is 0 Å². The van der Waals surface area contributed by atoms with Gasteiger partial charge in [-0.25, -0.2) is 25.5 Å². The molecule has 190 valence electrons. The van der Waals surface area contributed by atoms with Crippen molar-refractivity contribution in [1.82, 2.24) is 4.31 Å². The Kier molecular flexibility index (Phi) is 7.72. The summed E-state index contributed by atoms with van der Waals surface area (Å²) in [5, 5.41) is 2.77. The molecule has 36 heavy (non-hydrogen) atoms. The minimum atomic E-state index is -3.77. The predicted molar refractivity (Wildman–Crippen MR) is 136 cm³/mol. The molecule has 11 heteroatoms. The van der Waals surface area contributed by atoms with E-state index >= 15 is 0 Å². The van der Waals surface area contributed by atoms with E-state index in [4.69, 9.17) is 0 Å². The highest BCUT2D eigenvalue weighted by molar-refractivity contribution is 7.92. The Morgan fingerprint density at radius 2 is 1.44 bits per heavy atom. The first-order chi connectivity index (χ1) is 17.1. The Bertz CT molecular complexity index is 1420. The van der Waals surface area contributed by atoms with Gasteiger partial charge in [-0.05, 0) is 55.3 Å². The van der Waals surface area contributed by atoms with Gasteiger partial charge in [0.15, 0.2) is 0 Å². The molecular weight excluding hydrogens is 505 g/mol. The van der Waals surface area contributed by atoms with Gasteiger partial charge in [-0.15, -0.1) is 0 Å². The number of rotatable bonds is 8. The molecule has 1 amide bonds. The van der Waals surface area contributed by atoms with Gasteiger partial charge < -0.3 is 5.32 Å². The zero-order valence-corrected chi connectivity index (χ0v) is 20.9. The van der Waals surface area contributed by atoms with E-state index in [9.17, 15) is 26.0 Å². The Morgan fingerprint density at radius 1 is 0.833 bits per heavy atom. The van der Waals surface area contributed by atoms with E-state index in [0.717, 1.165) is 0 Å². The van der Waals surface area contributed by atoms with Crippen LogP contribution in [0.1, 0.15) is 18.4 Å². The number of nitrogens with zero attached hydrogens (tertiary/aromatic N) is 1. The van der Waals surface area contributed by atoms with E-state index in [1.54, 1.807) is 36.4 Å². The molecule has 0 spiro atoms. The lowest BCUT2D eigenvalue weighted by molar-refractivity contribution is -0.120. The number of nitrogens with one attached hydrogen (secondary N) is 2. The van der Waals surface area contributed by atoms with Crippen molar-refractivity contribution in [3.8, 4) is 0 Å². The van der Waals surface area contributed by atoms with Gasteiger partial charge >= 0.3 is 0 Å². The van der Waals surface area contributed by atoms with Gasteiger partial charge in [-0.1, -0.05) is 36.4 Å². The van der Waals surface area contributed by atoms with Crippen molar-refractivity contribution in [2.45, 2.75) is 23.5 Å². The summed E-state index contributed by atoms with van der Waals surface area (Å²) in [7, 11) is -7.48. The minimum absolute atomic E-state index is 0.0534. The Labute approximate surface area is 210 Å². The maximum atomic E-state index is 13.9. The van der Waals surface area contributed by atoms with Crippen LogP contribution in [-0.4, -0.2) is 40.1 Å². The van der Waals surface area contributed by atoms with E-state index in [2.05, 4.69) is 10.0 Å². The number of hydrogen-bond donors (Lipinski definition) is 2. The molecule has 0 aromatic heterocycles. The monoisotopic (exact) mass is 531 g/mol. The van der Waals surface area contributed by atoms with Crippen LogP contribution >= 0.6 is 0 Å². The maximum absolute atomic E-state index is 13.9. The highest BCUT2D eigenvalue weighted by Gasteiger charge is 2.31. The fourth-order valence-electron chi connectivity index (χ4n) is 3.98. The molecule has 2 N–H and O–H groups in total. The number of carbonyl (C=O) groups excluding carboxylic acids is 1. The molecule has 0 radical (unpaired) electrons. The summed E-state index contributed by atoms with van der Waals surface area (Å²) >= 11 is 0. The standard InChI is InChI=1S/C25H26FN3O5S2/c26-24-9-5-4-6-20(24)18-35(31,32)29-16-14-19(15-17-29)25(30)27-21-10-12-23(13-11-21)36(33,34)28-22-7-2-1-3-8-22/h1-13,19,28H,14-18H2,(H,27,30). The Balaban J connectivity index is 1.31. The van der Waals surface area contributed by atoms with Gasteiger partial charge in [-0.3, -0.25) is 9.52 Å². The fourth-order valence-corrected chi connectivity index (χ4v) is 6.62. The minimum Gasteiger partial charge on any atom is -0.326 e. The number of piperidine rings is 1. The third-order valence-electron chi connectivity index (χ3n) is 5.97. The molecule has 0 aliphatic carbocycles. The summed E-state index contributed by atoms with van der Waals surface area (Å²) in [6.07, 6.45) is 0.658. The molecule has 0 unspecified atom stereocenters. The zero-order chi connectivity index (χ0) is 25.8. The number of halogens is 1. The summed E-state index contributed by atoms with van der Waals surface area (Å²) in [6.45, 7) is 0.328. The SMILES string of the molecule is O=C(Nc1ccc(S(=O)(=O)Nc2ccccc2)cc1)C1CCN(S(=O)(=O)Cc2ccccc2F)CC1. The Hall–Kier alpha value is -3.28. The lowest BCUT2D eigenvalue weighted by Gasteiger charge is -2.30. The Morgan fingerprint density at radius 3 is 2.08 bits per heavy atom. The number of sulfonamides is 2. The van der Waals surface area contributed by atoms with E-state index < -0.39 is 37.5 Å². The third kappa shape index (κ3) is 6.28. The van der Waals surface area contributed by atoms with Crippen LogP contribution < -0.4 is 10.0 Å².